The van der Waals surface area contributed by atoms with Crippen LogP contribution in [0.4, 0.5) is 0 Å². The minimum Gasteiger partial charge on any atom is -0.324 e. The highest BCUT2D eigenvalue weighted by atomic mass is 15.1. The maximum Gasteiger partial charge on any atom is 0.176 e. The summed E-state index contributed by atoms with van der Waals surface area (Å²) in [6, 6.07) is 0. The van der Waals surface area contributed by atoms with E-state index < -0.39 is 0 Å². The Hall–Kier alpha value is -0.750. The Labute approximate surface area is 69.0 Å². The molecule has 0 spiro atoms. The van der Waals surface area contributed by atoms with E-state index >= 15 is 0 Å². The maximum atomic E-state index is 8.17. The molecule has 0 rings (SSSR count). The molecule has 3 heteroatoms. The van der Waals surface area contributed by atoms with Gasteiger partial charge in [-0.2, -0.15) is 5.26 Å². The Morgan fingerprint density at radius 1 is 1.36 bits per heavy atom. The Bertz CT molecular complexity index is 113. The zero-order chi connectivity index (χ0) is 8.53. The molecule has 1 N–H and O–H groups in total. The Morgan fingerprint density at radius 3 is 2.45 bits per heavy atom. The summed E-state index contributed by atoms with van der Waals surface area (Å²) in [5.74, 6) is 0. The van der Waals surface area contributed by atoms with Gasteiger partial charge in [0, 0.05) is 6.54 Å². The lowest BCUT2D eigenvalue weighted by molar-refractivity contribution is 0.300. The van der Waals surface area contributed by atoms with E-state index in [1.165, 1.54) is 0 Å². The topological polar surface area (TPSA) is 39.1 Å². The summed E-state index contributed by atoms with van der Waals surface area (Å²) in [6.07, 6.45) is 2.96. The van der Waals surface area contributed by atoms with Crippen LogP contribution in [0.5, 0.6) is 0 Å². The molecule has 3 nitrogen and oxygen atoms in total. The summed E-state index contributed by atoms with van der Waals surface area (Å²) in [4.78, 5) is 2.35. The second-order valence-electron chi connectivity index (χ2n) is 2.42. The average molecular weight is 155 g/mol. The van der Waals surface area contributed by atoms with E-state index in [0.717, 1.165) is 32.6 Å². The first-order chi connectivity index (χ1) is 5.35. The van der Waals surface area contributed by atoms with Crippen molar-refractivity contribution in [3.05, 3.63) is 0 Å². The SMILES string of the molecule is CCN(CC)CCCNC#N. The van der Waals surface area contributed by atoms with Crippen LogP contribution in [0.2, 0.25) is 0 Å². The first-order valence-electron chi connectivity index (χ1n) is 4.19. The van der Waals surface area contributed by atoms with Crippen LogP contribution in [0.3, 0.4) is 0 Å². The van der Waals surface area contributed by atoms with Crippen molar-refractivity contribution in [2.24, 2.45) is 0 Å². The quantitative estimate of drug-likeness (QED) is 0.350. The lowest BCUT2D eigenvalue weighted by Gasteiger charge is -2.16. The molecule has 0 unspecified atom stereocenters. The Balaban J connectivity index is 3.16. The molecule has 64 valence electrons. The van der Waals surface area contributed by atoms with Crippen LogP contribution < -0.4 is 5.32 Å². The second-order valence-corrected chi connectivity index (χ2v) is 2.42. The molecule has 0 aliphatic rings. The van der Waals surface area contributed by atoms with E-state index in [9.17, 15) is 0 Å². The highest BCUT2D eigenvalue weighted by Crippen LogP contribution is 1.88. The van der Waals surface area contributed by atoms with Gasteiger partial charge in [0.1, 0.15) is 0 Å². The van der Waals surface area contributed by atoms with Gasteiger partial charge in [-0.1, -0.05) is 13.8 Å². The molecule has 0 bridgehead atoms. The lowest BCUT2D eigenvalue weighted by atomic mass is 10.3. The molecule has 0 amide bonds. The number of nitrogens with one attached hydrogen (secondary N) is 1. The van der Waals surface area contributed by atoms with Gasteiger partial charge in [-0.05, 0) is 26.1 Å². The Kier molecular flexibility index (Phi) is 6.86. The number of nitriles is 1. The van der Waals surface area contributed by atoms with E-state index in [4.69, 9.17) is 5.26 Å². The van der Waals surface area contributed by atoms with Crippen molar-refractivity contribution in [3.63, 3.8) is 0 Å². The van der Waals surface area contributed by atoms with Crippen LogP contribution >= 0.6 is 0 Å². The largest absolute Gasteiger partial charge is 0.324 e. The normalized spacial score (nSPS) is 9.64. The predicted molar refractivity (Wildman–Crippen MR) is 46.0 cm³/mol. The highest BCUT2D eigenvalue weighted by Gasteiger charge is 1.96. The van der Waals surface area contributed by atoms with Crippen molar-refractivity contribution >= 4 is 0 Å². The van der Waals surface area contributed by atoms with Crippen LogP contribution in [0.1, 0.15) is 20.3 Å². The van der Waals surface area contributed by atoms with Crippen molar-refractivity contribution in [1.29, 1.82) is 5.26 Å². The molecule has 0 aliphatic heterocycles. The van der Waals surface area contributed by atoms with Gasteiger partial charge in [0.05, 0.1) is 0 Å². The summed E-state index contributed by atoms with van der Waals surface area (Å²) in [6.45, 7) is 8.39. The first-order valence-corrected chi connectivity index (χ1v) is 4.19. The summed E-state index contributed by atoms with van der Waals surface area (Å²) in [5.41, 5.74) is 0. The average Bonchev–Trinajstić information content (AvgIpc) is 2.05. The van der Waals surface area contributed by atoms with Crippen LogP contribution in [-0.2, 0) is 0 Å². The number of hydrogen-bond donors (Lipinski definition) is 1. The molecule has 0 radical (unpaired) electrons. The van der Waals surface area contributed by atoms with Crippen molar-refractivity contribution in [3.8, 4) is 6.19 Å². The molecular weight excluding hydrogens is 138 g/mol. The molecule has 0 aromatic heterocycles. The van der Waals surface area contributed by atoms with Crippen molar-refractivity contribution in [2.45, 2.75) is 20.3 Å². The minimum absolute atomic E-state index is 0.799. The molecule has 0 aliphatic carbocycles. The standard InChI is InChI=1S/C8H17N3/c1-3-11(4-2)7-5-6-10-8-9/h10H,3-7H2,1-2H3. The predicted octanol–water partition coefficient (Wildman–Crippen LogP) is 0.789. The molecule has 0 aromatic rings. The zero-order valence-corrected chi connectivity index (χ0v) is 7.43. The molecular formula is C8H17N3. The molecule has 0 heterocycles. The van der Waals surface area contributed by atoms with Gasteiger partial charge in [-0.25, -0.2) is 0 Å². The highest BCUT2D eigenvalue weighted by molar-refractivity contribution is 4.65. The van der Waals surface area contributed by atoms with Gasteiger partial charge in [-0.15, -0.1) is 0 Å². The minimum atomic E-state index is 0.799. The van der Waals surface area contributed by atoms with E-state index in [-0.39, 0.29) is 0 Å². The van der Waals surface area contributed by atoms with E-state index in [1.807, 2.05) is 6.19 Å². The van der Waals surface area contributed by atoms with Crippen LogP contribution in [-0.4, -0.2) is 31.1 Å². The molecule has 0 saturated carbocycles. The van der Waals surface area contributed by atoms with E-state index in [1.54, 1.807) is 0 Å². The van der Waals surface area contributed by atoms with Crippen molar-refractivity contribution in [2.75, 3.05) is 26.2 Å². The van der Waals surface area contributed by atoms with E-state index in [2.05, 4.69) is 24.1 Å². The smallest absolute Gasteiger partial charge is 0.176 e. The first kappa shape index (κ1) is 10.2. The Morgan fingerprint density at radius 2 is 2.00 bits per heavy atom. The van der Waals surface area contributed by atoms with Crippen molar-refractivity contribution in [1.82, 2.24) is 10.2 Å². The third kappa shape index (κ3) is 5.68. The van der Waals surface area contributed by atoms with Gasteiger partial charge in [0.15, 0.2) is 6.19 Å². The fourth-order valence-corrected chi connectivity index (χ4v) is 0.987. The van der Waals surface area contributed by atoms with Gasteiger partial charge in [0.2, 0.25) is 0 Å². The molecule has 0 atom stereocenters. The zero-order valence-electron chi connectivity index (χ0n) is 7.43. The number of rotatable bonds is 6. The third-order valence-electron chi connectivity index (χ3n) is 1.75. The number of nitrogens with zero attached hydrogens (tertiary/aromatic N) is 2. The monoisotopic (exact) mass is 155 g/mol. The van der Waals surface area contributed by atoms with Gasteiger partial charge in [0.25, 0.3) is 0 Å². The van der Waals surface area contributed by atoms with Gasteiger partial charge < -0.3 is 10.2 Å². The van der Waals surface area contributed by atoms with Gasteiger partial charge >= 0.3 is 0 Å². The van der Waals surface area contributed by atoms with Crippen molar-refractivity contribution < 1.29 is 0 Å². The second kappa shape index (κ2) is 7.36. The van der Waals surface area contributed by atoms with Gasteiger partial charge in [-0.3, -0.25) is 0 Å². The molecule has 0 aromatic carbocycles. The summed E-state index contributed by atoms with van der Waals surface area (Å²) in [7, 11) is 0. The van der Waals surface area contributed by atoms with Crippen LogP contribution in [0, 0.1) is 11.5 Å². The van der Waals surface area contributed by atoms with Crippen LogP contribution in [0.25, 0.3) is 0 Å². The molecule has 0 fully saturated rings. The molecule has 11 heavy (non-hydrogen) atoms. The van der Waals surface area contributed by atoms with Crippen LogP contribution in [0.15, 0.2) is 0 Å². The molecule has 0 saturated heterocycles. The fraction of sp³-hybridized carbons (Fsp3) is 0.875. The maximum absolute atomic E-state index is 8.17. The van der Waals surface area contributed by atoms with E-state index in [0.29, 0.717) is 0 Å². The number of hydrogen-bond acceptors (Lipinski definition) is 3. The fourth-order valence-electron chi connectivity index (χ4n) is 0.987. The lowest BCUT2D eigenvalue weighted by Crippen LogP contribution is -2.26. The summed E-state index contributed by atoms with van der Waals surface area (Å²) >= 11 is 0. The summed E-state index contributed by atoms with van der Waals surface area (Å²) < 4.78 is 0. The summed E-state index contributed by atoms with van der Waals surface area (Å²) in [5, 5.41) is 10.8. The third-order valence-corrected chi connectivity index (χ3v) is 1.75.